The second-order valence-electron chi connectivity index (χ2n) is 8.35. The van der Waals surface area contributed by atoms with Crippen molar-refractivity contribution in [2.45, 2.75) is 57.7 Å². The lowest BCUT2D eigenvalue weighted by molar-refractivity contribution is -0.142. The highest BCUT2D eigenvalue weighted by atomic mass is 16.4. The number of carbonyl (C=O) groups excluding carboxylic acids is 4. The first-order chi connectivity index (χ1) is 15.9. The molecule has 3 unspecified atom stereocenters. The van der Waals surface area contributed by atoms with Crippen molar-refractivity contribution in [3.63, 3.8) is 0 Å². The Labute approximate surface area is 197 Å². The van der Waals surface area contributed by atoms with Gasteiger partial charge < -0.3 is 37.6 Å². The van der Waals surface area contributed by atoms with Gasteiger partial charge in [0.15, 0.2) is 0 Å². The topological polar surface area (TPSA) is 214 Å². The number of nitrogens with one attached hydrogen (secondary N) is 3. The van der Waals surface area contributed by atoms with E-state index in [9.17, 15) is 34.2 Å². The molecule has 12 nitrogen and oxygen atoms in total. The fourth-order valence-corrected chi connectivity index (χ4v) is 3.05. The lowest BCUT2D eigenvalue weighted by Gasteiger charge is -2.22. The first kappa shape index (κ1) is 28.4. The SMILES string of the molecule is CC(C)CC(N)C(=O)NCC(=O)NC(CCC(N)=O)C(=O)NC(Cc1ccc(O)cc1)C(=O)O. The number of carboxylic acids is 1. The van der Waals surface area contributed by atoms with Crippen LogP contribution in [-0.4, -0.2) is 64.5 Å². The third kappa shape index (κ3) is 10.8. The Morgan fingerprint density at radius 3 is 2.12 bits per heavy atom. The first-order valence-electron chi connectivity index (χ1n) is 10.8. The summed E-state index contributed by atoms with van der Waals surface area (Å²) in [6, 6.07) is 2.40. The van der Waals surface area contributed by atoms with Crippen LogP contribution in [0.5, 0.6) is 5.75 Å². The van der Waals surface area contributed by atoms with Crippen LogP contribution in [0.15, 0.2) is 24.3 Å². The molecule has 0 saturated carbocycles. The highest BCUT2D eigenvalue weighted by Gasteiger charge is 2.27. The van der Waals surface area contributed by atoms with Crippen molar-refractivity contribution in [3.05, 3.63) is 29.8 Å². The predicted octanol–water partition coefficient (Wildman–Crippen LogP) is -1.26. The number of phenolic OH excluding ortho intramolecular Hbond substituents is 1. The van der Waals surface area contributed by atoms with Crippen LogP contribution in [0, 0.1) is 5.92 Å². The molecule has 0 aliphatic heterocycles. The number of benzene rings is 1. The summed E-state index contributed by atoms with van der Waals surface area (Å²) in [6.45, 7) is 3.34. The molecular weight excluding hydrogens is 446 g/mol. The van der Waals surface area contributed by atoms with Gasteiger partial charge in [-0.05, 0) is 36.5 Å². The van der Waals surface area contributed by atoms with Crippen LogP contribution in [0.3, 0.4) is 0 Å². The van der Waals surface area contributed by atoms with Gasteiger partial charge in [-0.1, -0.05) is 26.0 Å². The summed E-state index contributed by atoms with van der Waals surface area (Å²) in [5, 5.41) is 25.9. The van der Waals surface area contributed by atoms with Gasteiger partial charge in [0, 0.05) is 12.8 Å². The van der Waals surface area contributed by atoms with E-state index in [-0.39, 0.29) is 30.9 Å². The van der Waals surface area contributed by atoms with E-state index in [0.717, 1.165) is 0 Å². The fourth-order valence-electron chi connectivity index (χ4n) is 3.05. The normalized spacial score (nSPS) is 13.4. The van der Waals surface area contributed by atoms with Crippen molar-refractivity contribution in [1.82, 2.24) is 16.0 Å². The van der Waals surface area contributed by atoms with Crippen LogP contribution in [0.25, 0.3) is 0 Å². The number of phenols is 1. The minimum absolute atomic E-state index is 0.00569. The Morgan fingerprint density at radius 2 is 1.59 bits per heavy atom. The Bertz CT molecular complexity index is 873. The summed E-state index contributed by atoms with van der Waals surface area (Å²) in [6.07, 6.45) is -0.0602. The molecule has 0 aliphatic rings. The number of aromatic hydroxyl groups is 1. The summed E-state index contributed by atoms with van der Waals surface area (Å²) < 4.78 is 0. The number of aliphatic carboxylic acids is 1. The van der Waals surface area contributed by atoms with Gasteiger partial charge in [-0.15, -0.1) is 0 Å². The molecule has 0 bridgehead atoms. The Balaban J connectivity index is 2.79. The molecular formula is C22H33N5O7. The quantitative estimate of drug-likeness (QED) is 0.171. The van der Waals surface area contributed by atoms with E-state index in [1.165, 1.54) is 24.3 Å². The van der Waals surface area contributed by atoms with Crippen LogP contribution in [0.4, 0.5) is 0 Å². The van der Waals surface area contributed by atoms with Crippen LogP contribution in [0.1, 0.15) is 38.7 Å². The number of carboxylic acid groups (broad SMARTS) is 1. The van der Waals surface area contributed by atoms with Crippen molar-refractivity contribution < 1.29 is 34.2 Å². The van der Waals surface area contributed by atoms with Crippen LogP contribution >= 0.6 is 0 Å². The minimum atomic E-state index is -1.33. The van der Waals surface area contributed by atoms with Crippen molar-refractivity contribution in [2.24, 2.45) is 17.4 Å². The van der Waals surface area contributed by atoms with Gasteiger partial charge >= 0.3 is 5.97 Å². The maximum atomic E-state index is 12.7. The number of hydrogen-bond acceptors (Lipinski definition) is 7. The molecule has 9 N–H and O–H groups in total. The van der Waals surface area contributed by atoms with Crippen LogP contribution in [-0.2, 0) is 30.4 Å². The molecule has 3 atom stereocenters. The molecule has 0 radical (unpaired) electrons. The van der Waals surface area contributed by atoms with Gasteiger partial charge in [-0.2, -0.15) is 0 Å². The highest BCUT2D eigenvalue weighted by molar-refractivity contribution is 5.92. The maximum Gasteiger partial charge on any atom is 0.326 e. The number of rotatable bonds is 14. The number of hydrogen-bond donors (Lipinski definition) is 7. The maximum absolute atomic E-state index is 12.7. The molecule has 0 spiro atoms. The Morgan fingerprint density at radius 1 is 0.971 bits per heavy atom. The van der Waals surface area contributed by atoms with E-state index in [4.69, 9.17) is 11.5 Å². The number of amides is 4. The highest BCUT2D eigenvalue weighted by Crippen LogP contribution is 2.12. The molecule has 0 aromatic heterocycles. The van der Waals surface area contributed by atoms with Gasteiger partial charge in [0.05, 0.1) is 12.6 Å². The van der Waals surface area contributed by atoms with Crippen molar-refractivity contribution >= 4 is 29.6 Å². The van der Waals surface area contributed by atoms with E-state index >= 15 is 0 Å². The summed E-state index contributed by atoms with van der Waals surface area (Å²) in [4.78, 5) is 59.8. The van der Waals surface area contributed by atoms with Crippen molar-refractivity contribution in [1.29, 1.82) is 0 Å². The zero-order valence-corrected chi connectivity index (χ0v) is 19.2. The molecule has 0 heterocycles. The lowest BCUT2D eigenvalue weighted by Crippen LogP contribution is -2.54. The molecule has 12 heteroatoms. The Kier molecular flexibility index (Phi) is 11.5. The predicted molar refractivity (Wildman–Crippen MR) is 122 cm³/mol. The largest absolute Gasteiger partial charge is 0.508 e. The minimum Gasteiger partial charge on any atom is -0.508 e. The second kappa shape index (κ2) is 13.8. The summed E-state index contributed by atoms with van der Waals surface area (Å²) in [5.74, 6) is -3.91. The molecule has 0 saturated heterocycles. The standard InChI is InChI=1S/C22H33N5O7/c1-12(2)9-15(23)20(31)25-11-19(30)26-16(7-8-18(24)29)21(32)27-17(22(33)34)10-13-3-5-14(28)6-4-13/h3-6,12,15-17,28H,7-11,23H2,1-2H3,(H2,24,29)(H,25,31)(H,26,30)(H,27,32)(H,33,34). The Hall–Kier alpha value is -3.67. The van der Waals surface area contributed by atoms with E-state index in [0.29, 0.717) is 12.0 Å². The molecule has 1 aromatic carbocycles. The van der Waals surface area contributed by atoms with Gasteiger partial charge in [0.2, 0.25) is 23.6 Å². The molecule has 0 aliphatic carbocycles. The summed E-state index contributed by atoms with van der Waals surface area (Å²) in [5.41, 5.74) is 11.4. The summed E-state index contributed by atoms with van der Waals surface area (Å²) >= 11 is 0. The van der Waals surface area contributed by atoms with Crippen molar-refractivity contribution in [2.75, 3.05) is 6.54 Å². The zero-order chi connectivity index (χ0) is 25.8. The van der Waals surface area contributed by atoms with E-state index < -0.39 is 54.3 Å². The monoisotopic (exact) mass is 479 g/mol. The van der Waals surface area contributed by atoms with Crippen molar-refractivity contribution in [3.8, 4) is 5.75 Å². The molecule has 34 heavy (non-hydrogen) atoms. The van der Waals surface area contributed by atoms with E-state index in [1.807, 2.05) is 13.8 Å². The number of nitrogens with two attached hydrogens (primary N) is 2. The first-order valence-corrected chi connectivity index (χ1v) is 10.8. The van der Waals surface area contributed by atoms with Gasteiger partial charge in [-0.3, -0.25) is 19.2 Å². The smallest absolute Gasteiger partial charge is 0.326 e. The fraction of sp³-hybridized carbons (Fsp3) is 0.500. The van der Waals surface area contributed by atoms with Crippen LogP contribution < -0.4 is 27.4 Å². The third-order valence-electron chi connectivity index (χ3n) is 4.81. The third-order valence-corrected chi connectivity index (χ3v) is 4.81. The molecule has 188 valence electrons. The van der Waals surface area contributed by atoms with Gasteiger partial charge in [-0.25, -0.2) is 4.79 Å². The van der Waals surface area contributed by atoms with Gasteiger partial charge in [0.25, 0.3) is 0 Å². The van der Waals surface area contributed by atoms with E-state index in [1.54, 1.807) is 0 Å². The molecule has 0 fully saturated rings. The molecule has 1 rings (SSSR count). The number of primary amides is 1. The average molecular weight is 480 g/mol. The van der Waals surface area contributed by atoms with Crippen LogP contribution in [0.2, 0.25) is 0 Å². The van der Waals surface area contributed by atoms with Gasteiger partial charge in [0.1, 0.15) is 17.8 Å². The molecule has 1 aromatic rings. The zero-order valence-electron chi connectivity index (χ0n) is 19.2. The average Bonchev–Trinajstić information content (AvgIpc) is 2.74. The summed E-state index contributed by atoms with van der Waals surface area (Å²) in [7, 11) is 0. The molecule has 4 amide bonds. The van der Waals surface area contributed by atoms with E-state index in [2.05, 4.69) is 16.0 Å². The second-order valence-corrected chi connectivity index (χ2v) is 8.35. The number of carbonyl (C=O) groups is 5. The lowest BCUT2D eigenvalue weighted by atomic mass is 10.0.